The summed E-state index contributed by atoms with van der Waals surface area (Å²) in [6.45, 7) is 0. The lowest BCUT2D eigenvalue weighted by Crippen LogP contribution is -2.14. The fourth-order valence-electron chi connectivity index (χ4n) is 1.25. The lowest BCUT2D eigenvalue weighted by molar-refractivity contribution is 0.568. The quantitative estimate of drug-likeness (QED) is 0.922. The molecule has 0 aliphatic carbocycles. The monoisotopic (exact) mass is 349 g/mol. The number of sulfonamides is 1. The molecule has 100 valence electrons. The number of hydrogen-bond donors (Lipinski definition) is 1. The Morgan fingerprint density at radius 2 is 1.68 bits per heavy atom. The second kappa shape index (κ2) is 5.17. The first-order valence-corrected chi connectivity index (χ1v) is 7.11. The molecule has 0 atom stereocenters. The molecule has 0 spiro atoms. The summed E-state index contributed by atoms with van der Waals surface area (Å²) in [7, 11) is -4.12. The summed E-state index contributed by atoms with van der Waals surface area (Å²) in [5, 5.41) is 0. The van der Waals surface area contributed by atoms with Crippen LogP contribution in [0.5, 0.6) is 0 Å². The molecule has 0 fully saturated rings. The highest BCUT2D eigenvalue weighted by molar-refractivity contribution is 9.10. The molecular formula is C10H6BrF2N3O2S. The number of nitrogens with one attached hydrogen (secondary N) is 1. The number of rotatable bonds is 3. The molecule has 0 saturated carbocycles. The van der Waals surface area contributed by atoms with Crippen LogP contribution >= 0.6 is 15.9 Å². The SMILES string of the molecule is O=S(=O)(Nc1cnc(Br)cn1)c1cc(F)cc(F)c1. The highest BCUT2D eigenvalue weighted by Crippen LogP contribution is 2.17. The molecule has 1 heterocycles. The van der Waals surface area contributed by atoms with Crippen molar-refractivity contribution in [3.05, 3.63) is 46.8 Å². The van der Waals surface area contributed by atoms with Gasteiger partial charge < -0.3 is 0 Å². The Labute approximate surface area is 115 Å². The second-order valence-electron chi connectivity index (χ2n) is 3.44. The van der Waals surface area contributed by atoms with Gasteiger partial charge in [0.2, 0.25) is 0 Å². The van der Waals surface area contributed by atoms with Crippen molar-refractivity contribution in [2.45, 2.75) is 4.90 Å². The number of aromatic nitrogens is 2. The number of hydrogen-bond acceptors (Lipinski definition) is 4. The van der Waals surface area contributed by atoms with Crippen molar-refractivity contribution in [1.82, 2.24) is 9.97 Å². The Hall–Kier alpha value is -1.61. The van der Waals surface area contributed by atoms with Gasteiger partial charge in [0.25, 0.3) is 10.0 Å². The van der Waals surface area contributed by atoms with E-state index >= 15 is 0 Å². The molecule has 0 bridgehead atoms. The largest absolute Gasteiger partial charge is 0.263 e. The number of benzene rings is 1. The van der Waals surface area contributed by atoms with Gasteiger partial charge >= 0.3 is 0 Å². The fourth-order valence-corrected chi connectivity index (χ4v) is 2.48. The zero-order chi connectivity index (χ0) is 14.0. The van der Waals surface area contributed by atoms with Crippen LogP contribution in [0.25, 0.3) is 0 Å². The summed E-state index contributed by atoms with van der Waals surface area (Å²) in [5.41, 5.74) is 0. The van der Waals surface area contributed by atoms with Crippen molar-refractivity contribution < 1.29 is 17.2 Å². The van der Waals surface area contributed by atoms with Gasteiger partial charge in [-0.1, -0.05) is 0 Å². The van der Waals surface area contributed by atoms with Gasteiger partial charge in [0.05, 0.1) is 17.3 Å². The lowest BCUT2D eigenvalue weighted by atomic mass is 10.3. The van der Waals surface area contributed by atoms with Crippen molar-refractivity contribution in [2.24, 2.45) is 0 Å². The molecule has 0 aliphatic rings. The second-order valence-corrected chi connectivity index (χ2v) is 5.93. The van der Waals surface area contributed by atoms with E-state index in [2.05, 4.69) is 30.6 Å². The van der Waals surface area contributed by atoms with E-state index in [9.17, 15) is 17.2 Å². The average Bonchev–Trinajstić information content (AvgIpc) is 2.31. The minimum absolute atomic E-state index is 0.0622. The van der Waals surface area contributed by atoms with Gasteiger partial charge in [0.1, 0.15) is 16.2 Å². The van der Waals surface area contributed by atoms with E-state index in [1.807, 2.05) is 0 Å². The zero-order valence-electron chi connectivity index (χ0n) is 9.14. The maximum absolute atomic E-state index is 13.0. The Morgan fingerprint density at radius 3 is 2.21 bits per heavy atom. The van der Waals surface area contributed by atoms with Crippen LogP contribution < -0.4 is 4.72 Å². The van der Waals surface area contributed by atoms with Crippen molar-refractivity contribution in [3.8, 4) is 0 Å². The number of nitrogens with zero attached hydrogens (tertiary/aromatic N) is 2. The average molecular weight is 350 g/mol. The molecule has 9 heteroatoms. The summed E-state index contributed by atoms with van der Waals surface area (Å²) < 4.78 is 52.2. The van der Waals surface area contributed by atoms with E-state index in [1.165, 1.54) is 6.20 Å². The molecular weight excluding hydrogens is 344 g/mol. The lowest BCUT2D eigenvalue weighted by Gasteiger charge is -2.07. The van der Waals surface area contributed by atoms with Gasteiger partial charge in [-0.2, -0.15) is 0 Å². The first-order chi connectivity index (χ1) is 8.87. The fraction of sp³-hybridized carbons (Fsp3) is 0. The Kier molecular flexibility index (Phi) is 3.76. The first-order valence-electron chi connectivity index (χ1n) is 4.83. The summed E-state index contributed by atoms with van der Waals surface area (Å²) in [5.74, 6) is -2.03. The highest BCUT2D eigenvalue weighted by atomic mass is 79.9. The van der Waals surface area contributed by atoms with E-state index in [0.717, 1.165) is 6.20 Å². The van der Waals surface area contributed by atoms with Crippen LogP contribution in [0.4, 0.5) is 14.6 Å². The number of anilines is 1. The van der Waals surface area contributed by atoms with Crippen LogP contribution in [0.2, 0.25) is 0 Å². The molecule has 1 aromatic heterocycles. The molecule has 0 saturated heterocycles. The maximum atomic E-state index is 13.0. The molecule has 1 aromatic carbocycles. The van der Waals surface area contributed by atoms with Crippen molar-refractivity contribution >= 4 is 31.8 Å². The molecule has 0 amide bonds. The van der Waals surface area contributed by atoms with Crippen LogP contribution in [-0.4, -0.2) is 18.4 Å². The minimum atomic E-state index is -4.12. The summed E-state index contributed by atoms with van der Waals surface area (Å²) in [6.07, 6.45) is 2.45. The Morgan fingerprint density at radius 1 is 1.05 bits per heavy atom. The van der Waals surface area contributed by atoms with Gasteiger partial charge in [-0.15, -0.1) is 0 Å². The Bertz CT molecular complexity index is 687. The third kappa shape index (κ3) is 3.44. The van der Waals surface area contributed by atoms with Gasteiger partial charge in [-0.25, -0.2) is 27.2 Å². The van der Waals surface area contributed by atoms with E-state index in [0.29, 0.717) is 22.8 Å². The van der Waals surface area contributed by atoms with Crippen LogP contribution in [0.1, 0.15) is 0 Å². The third-order valence-electron chi connectivity index (χ3n) is 2.01. The summed E-state index contributed by atoms with van der Waals surface area (Å²) in [4.78, 5) is 6.99. The summed E-state index contributed by atoms with van der Waals surface area (Å²) in [6, 6.07) is 1.99. The molecule has 0 radical (unpaired) electrons. The maximum Gasteiger partial charge on any atom is 0.263 e. The van der Waals surface area contributed by atoms with E-state index in [4.69, 9.17) is 0 Å². The highest BCUT2D eigenvalue weighted by Gasteiger charge is 2.17. The van der Waals surface area contributed by atoms with Crippen molar-refractivity contribution in [1.29, 1.82) is 0 Å². The third-order valence-corrected chi connectivity index (χ3v) is 3.75. The van der Waals surface area contributed by atoms with Crippen LogP contribution in [0, 0.1) is 11.6 Å². The van der Waals surface area contributed by atoms with E-state index < -0.39 is 26.6 Å². The smallest absolute Gasteiger partial charge is 0.262 e. The normalized spacial score (nSPS) is 11.3. The molecule has 5 nitrogen and oxygen atoms in total. The van der Waals surface area contributed by atoms with Gasteiger partial charge in [-0.05, 0) is 28.1 Å². The van der Waals surface area contributed by atoms with Crippen LogP contribution in [0.15, 0.2) is 40.1 Å². The van der Waals surface area contributed by atoms with Gasteiger partial charge in [0.15, 0.2) is 5.82 Å². The first kappa shape index (κ1) is 13.8. The molecule has 2 rings (SSSR count). The molecule has 1 N–H and O–H groups in total. The van der Waals surface area contributed by atoms with Gasteiger partial charge in [-0.3, -0.25) is 4.72 Å². The van der Waals surface area contributed by atoms with E-state index in [-0.39, 0.29) is 5.82 Å². The van der Waals surface area contributed by atoms with Crippen LogP contribution in [0.3, 0.4) is 0 Å². The molecule has 2 aromatic rings. The van der Waals surface area contributed by atoms with Crippen molar-refractivity contribution in [3.63, 3.8) is 0 Å². The van der Waals surface area contributed by atoms with Crippen molar-refractivity contribution in [2.75, 3.05) is 4.72 Å². The number of halogens is 3. The van der Waals surface area contributed by atoms with Crippen LogP contribution in [-0.2, 0) is 10.0 Å². The predicted octanol–water partition coefficient (Wildman–Crippen LogP) is 2.32. The van der Waals surface area contributed by atoms with E-state index in [1.54, 1.807) is 0 Å². The zero-order valence-corrected chi connectivity index (χ0v) is 11.5. The summed E-state index contributed by atoms with van der Waals surface area (Å²) >= 11 is 3.04. The predicted molar refractivity (Wildman–Crippen MR) is 66.9 cm³/mol. The topological polar surface area (TPSA) is 72.0 Å². The minimum Gasteiger partial charge on any atom is -0.262 e. The molecule has 0 unspecified atom stereocenters. The Balaban J connectivity index is 2.34. The van der Waals surface area contributed by atoms with Gasteiger partial charge in [0, 0.05) is 6.07 Å². The standard InChI is InChI=1S/C10H6BrF2N3O2S/c11-9-4-15-10(5-14-9)16-19(17,18)8-2-6(12)1-7(13)3-8/h1-5H,(H,15,16). The molecule has 0 aliphatic heterocycles. The molecule has 19 heavy (non-hydrogen) atoms.